The molecule has 174 valence electrons. The van der Waals surface area contributed by atoms with Crippen LogP contribution in [0.5, 0.6) is 0 Å². The zero-order valence-corrected chi connectivity index (χ0v) is 19.4. The number of pyridine rings is 1. The topological polar surface area (TPSA) is 90.3 Å². The molecule has 1 aliphatic heterocycles. The number of hydrogen-bond acceptors (Lipinski definition) is 6. The molecule has 1 fully saturated rings. The number of methoxy groups -OCH3 is 1. The summed E-state index contributed by atoms with van der Waals surface area (Å²) in [5, 5.41) is 15.4. The van der Waals surface area contributed by atoms with Crippen LogP contribution in [0.2, 0.25) is 0 Å². The van der Waals surface area contributed by atoms with Gasteiger partial charge in [0.15, 0.2) is 0 Å². The molecule has 2 atom stereocenters. The monoisotopic (exact) mass is 455 g/mol. The van der Waals surface area contributed by atoms with Gasteiger partial charge in [0.2, 0.25) is 5.91 Å². The lowest BCUT2D eigenvalue weighted by atomic mass is 9.98. The van der Waals surface area contributed by atoms with Gasteiger partial charge in [0.25, 0.3) is 0 Å². The Bertz CT molecular complexity index is 1120. The van der Waals surface area contributed by atoms with Crippen LogP contribution in [0.1, 0.15) is 35.6 Å². The van der Waals surface area contributed by atoms with Crippen molar-refractivity contribution in [3.05, 3.63) is 89.6 Å². The Hall–Kier alpha value is -3.73. The van der Waals surface area contributed by atoms with Crippen molar-refractivity contribution in [2.24, 2.45) is 0 Å². The Kier molecular flexibility index (Phi) is 7.53. The van der Waals surface area contributed by atoms with Crippen molar-refractivity contribution in [3.63, 3.8) is 0 Å². The van der Waals surface area contributed by atoms with Crippen molar-refractivity contribution in [2.75, 3.05) is 37.0 Å². The lowest BCUT2D eigenvalue weighted by Crippen LogP contribution is -2.51. The number of ether oxygens (including phenoxy) is 1. The minimum Gasteiger partial charge on any atom is -0.378 e. The molecule has 2 aromatic carbocycles. The third kappa shape index (κ3) is 5.60. The molecule has 1 amide bonds. The fourth-order valence-corrected chi connectivity index (χ4v) is 3.95. The average molecular weight is 456 g/mol. The first kappa shape index (κ1) is 23.4. The molecule has 1 aromatic heterocycles. The van der Waals surface area contributed by atoms with Gasteiger partial charge < -0.3 is 20.3 Å². The van der Waals surface area contributed by atoms with Gasteiger partial charge >= 0.3 is 0 Å². The highest BCUT2D eigenvalue weighted by Crippen LogP contribution is 2.23. The first-order chi connectivity index (χ1) is 16.6. The molecular weight excluding hydrogens is 426 g/mol. The van der Waals surface area contributed by atoms with Crippen molar-refractivity contribution < 1.29 is 9.53 Å². The highest BCUT2D eigenvalue weighted by molar-refractivity contribution is 5.94. The Morgan fingerprint density at radius 2 is 1.85 bits per heavy atom. The predicted molar refractivity (Wildman–Crippen MR) is 133 cm³/mol. The number of hydrogen-bond donors (Lipinski definition) is 2. The number of nitriles is 1. The van der Waals surface area contributed by atoms with Crippen LogP contribution >= 0.6 is 0 Å². The minimum absolute atomic E-state index is 0.164. The van der Waals surface area contributed by atoms with Crippen LogP contribution in [-0.4, -0.2) is 43.7 Å². The molecule has 7 nitrogen and oxygen atoms in total. The third-order valence-electron chi connectivity index (χ3n) is 6.18. The van der Waals surface area contributed by atoms with E-state index in [-0.39, 0.29) is 17.9 Å². The molecule has 1 saturated heterocycles. The molecule has 0 bridgehead atoms. The van der Waals surface area contributed by atoms with Crippen molar-refractivity contribution in [3.8, 4) is 6.07 Å². The van der Waals surface area contributed by atoms with Gasteiger partial charge in [0.05, 0.1) is 29.6 Å². The summed E-state index contributed by atoms with van der Waals surface area (Å²) in [6, 6.07) is 22.6. The van der Waals surface area contributed by atoms with E-state index < -0.39 is 6.04 Å². The largest absolute Gasteiger partial charge is 0.378 e. The number of nitrogens with one attached hydrogen (secondary N) is 2. The summed E-state index contributed by atoms with van der Waals surface area (Å²) in [5.41, 5.74) is 3.64. The van der Waals surface area contributed by atoms with Crippen molar-refractivity contribution in [1.29, 1.82) is 5.26 Å². The van der Waals surface area contributed by atoms with Crippen LogP contribution in [0, 0.1) is 11.3 Å². The maximum atomic E-state index is 13.2. The molecular formula is C27H29N5O2. The third-order valence-corrected chi connectivity index (χ3v) is 6.18. The van der Waals surface area contributed by atoms with Crippen molar-refractivity contribution in [2.45, 2.75) is 25.0 Å². The zero-order chi connectivity index (χ0) is 23.9. The van der Waals surface area contributed by atoms with E-state index in [1.165, 1.54) is 0 Å². The van der Waals surface area contributed by atoms with Gasteiger partial charge in [-0.3, -0.25) is 4.79 Å². The molecule has 34 heavy (non-hydrogen) atoms. The van der Waals surface area contributed by atoms with Crippen LogP contribution in [0.25, 0.3) is 0 Å². The summed E-state index contributed by atoms with van der Waals surface area (Å²) in [6.45, 7) is 4.39. The predicted octanol–water partition coefficient (Wildman–Crippen LogP) is 3.86. The van der Waals surface area contributed by atoms with E-state index in [2.05, 4.69) is 33.5 Å². The number of carbonyl (C=O) groups is 1. The van der Waals surface area contributed by atoms with Crippen LogP contribution in [0.15, 0.2) is 72.9 Å². The van der Waals surface area contributed by atoms with E-state index >= 15 is 0 Å². The molecule has 4 rings (SSSR count). The quantitative estimate of drug-likeness (QED) is 0.509. The molecule has 0 saturated carbocycles. The second kappa shape index (κ2) is 10.9. The lowest BCUT2D eigenvalue weighted by molar-refractivity contribution is -0.118. The van der Waals surface area contributed by atoms with E-state index in [1.807, 2.05) is 66.7 Å². The van der Waals surface area contributed by atoms with Crippen LogP contribution < -0.4 is 15.5 Å². The Balaban J connectivity index is 1.41. The second-order valence-electron chi connectivity index (χ2n) is 8.54. The lowest BCUT2D eigenvalue weighted by Gasteiger charge is -2.39. The number of anilines is 2. The Labute approximate surface area is 200 Å². The molecule has 0 aliphatic carbocycles. The Morgan fingerprint density at radius 1 is 1.12 bits per heavy atom. The van der Waals surface area contributed by atoms with Crippen LogP contribution in [0.4, 0.5) is 11.5 Å². The second-order valence-corrected chi connectivity index (χ2v) is 8.54. The van der Waals surface area contributed by atoms with E-state index in [0.29, 0.717) is 17.9 Å². The normalized spacial score (nSPS) is 15.1. The summed E-state index contributed by atoms with van der Waals surface area (Å²) in [4.78, 5) is 19.9. The molecule has 7 heteroatoms. The number of benzene rings is 2. The number of carbonyl (C=O) groups excluding carboxylic acids is 1. The number of nitrogens with zero attached hydrogens (tertiary/aromatic N) is 3. The fraction of sp³-hybridized carbons (Fsp3) is 0.296. The van der Waals surface area contributed by atoms with Gasteiger partial charge in [-0.15, -0.1) is 0 Å². The minimum atomic E-state index is -0.527. The van der Waals surface area contributed by atoms with E-state index in [9.17, 15) is 4.79 Å². The van der Waals surface area contributed by atoms with E-state index in [4.69, 9.17) is 10.00 Å². The maximum absolute atomic E-state index is 13.2. The van der Waals surface area contributed by atoms with Crippen molar-refractivity contribution >= 4 is 17.4 Å². The highest BCUT2D eigenvalue weighted by Gasteiger charge is 2.27. The molecule has 1 aliphatic rings. The SMILES string of the molecule is COC1CN(c2ccc(NC(=O)[C@H](NC[C@H](C)c3ccc(C#N)cc3)c3ccccc3)nc2)C1. The van der Waals surface area contributed by atoms with Gasteiger partial charge in [-0.25, -0.2) is 4.98 Å². The summed E-state index contributed by atoms with van der Waals surface area (Å²) < 4.78 is 5.32. The summed E-state index contributed by atoms with van der Waals surface area (Å²) >= 11 is 0. The first-order valence-electron chi connectivity index (χ1n) is 11.4. The van der Waals surface area contributed by atoms with Crippen LogP contribution in [-0.2, 0) is 9.53 Å². The number of aromatic nitrogens is 1. The standard InChI is InChI=1S/C27H29N5O2/c1-19(21-10-8-20(14-28)9-11-21)15-30-26(22-6-4-3-5-7-22)27(33)31-25-13-12-23(16-29-25)32-17-24(18-32)34-2/h3-13,16,19,24,26,30H,15,17-18H2,1-2H3,(H,29,31,33)/t19-,26+/m0/s1. The molecule has 2 N–H and O–H groups in total. The fourth-order valence-electron chi connectivity index (χ4n) is 3.95. The van der Waals surface area contributed by atoms with Crippen LogP contribution in [0.3, 0.4) is 0 Å². The number of rotatable bonds is 9. The zero-order valence-electron chi connectivity index (χ0n) is 19.4. The van der Waals surface area contributed by atoms with Crippen molar-refractivity contribution in [1.82, 2.24) is 10.3 Å². The molecule has 3 aromatic rings. The van der Waals surface area contributed by atoms with Gasteiger partial charge in [-0.2, -0.15) is 5.26 Å². The van der Waals surface area contributed by atoms with Gasteiger partial charge in [-0.05, 0) is 41.3 Å². The molecule has 0 spiro atoms. The summed E-state index contributed by atoms with van der Waals surface area (Å²) in [5.74, 6) is 0.513. The van der Waals surface area contributed by atoms with E-state index in [1.54, 1.807) is 13.3 Å². The summed E-state index contributed by atoms with van der Waals surface area (Å²) in [7, 11) is 1.72. The molecule has 0 unspecified atom stereocenters. The van der Waals surface area contributed by atoms with Gasteiger partial charge in [0, 0.05) is 26.7 Å². The average Bonchev–Trinajstić information content (AvgIpc) is 2.85. The first-order valence-corrected chi connectivity index (χ1v) is 11.4. The van der Waals surface area contributed by atoms with Gasteiger partial charge in [-0.1, -0.05) is 49.4 Å². The molecule has 2 heterocycles. The molecule has 0 radical (unpaired) electrons. The number of amides is 1. The highest BCUT2D eigenvalue weighted by atomic mass is 16.5. The summed E-state index contributed by atoms with van der Waals surface area (Å²) in [6.07, 6.45) is 2.04. The Morgan fingerprint density at radius 3 is 2.47 bits per heavy atom. The maximum Gasteiger partial charge on any atom is 0.247 e. The van der Waals surface area contributed by atoms with E-state index in [0.717, 1.165) is 29.9 Å². The smallest absolute Gasteiger partial charge is 0.247 e. The van der Waals surface area contributed by atoms with Gasteiger partial charge in [0.1, 0.15) is 11.9 Å².